The van der Waals surface area contributed by atoms with E-state index in [1.165, 1.54) is 0 Å². The van der Waals surface area contributed by atoms with Crippen molar-refractivity contribution in [1.82, 2.24) is 16.0 Å². The van der Waals surface area contributed by atoms with E-state index in [0.717, 1.165) is 42.2 Å². The summed E-state index contributed by atoms with van der Waals surface area (Å²) in [5, 5.41) is 9.29. The SMILES string of the molecule is CCNC(=NCc1ccccc1COC)NCCc1cccc(C(=O)NC)c1. The van der Waals surface area contributed by atoms with Crippen LogP contribution in [0, 0.1) is 0 Å². The van der Waals surface area contributed by atoms with Crippen LogP contribution in [0.5, 0.6) is 0 Å². The number of guanidine groups is 1. The van der Waals surface area contributed by atoms with Gasteiger partial charge in [0.05, 0.1) is 13.2 Å². The van der Waals surface area contributed by atoms with Crippen LogP contribution >= 0.6 is 0 Å². The lowest BCUT2D eigenvalue weighted by Crippen LogP contribution is -2.38. The molecule has 3 N–H and O–H groups in total. The van der Waals surface area contributed by atoms with Crippen LogP contribution in [0.2, 0.25) is 0 Å². The average molecular weight is 383 g/mol. The molecule has 0 unspecified atom stereocenters. The smallest absolute Gasteiger partial charge is 0.251 e. The quantitative estimate of drug-likeness (QED) is 0.460. The predicted octanol–water partition coefficient (Wildman–Crippen LogP) is 2.49. The van der Waals surface area contributed by atoms with Crippen molar-refractivity contribution in [3.63, 3.8) is 0 Å². The van der Waals surface area contributed by atoms with E-state index >= 15 is 0 Å². The molecule has 2 rings (SSSR count). The molecule has 0 fully saturated rings. The second-order valence-corrected chi connectivity index (χ2v) is 6.35. The number of aliphatic imine (C=N–C) groups is 1. The molecule has 0 aliphatic carbocycles. The number of rotatable bonds is 9. The van der Waals surface area contributed by atoms with E-state index in [1.54, 1.807) is 14.2 Å². The number of hydrogen-bond donors (Lipinski definition) is 3. The number of ether oxygens (including phenoxy) is 1. The van der Waals surface area contributed by atoms with Crippen molar-refractivity contribution < 1.29 is 9.53 Å². The lowest BCUT2D eigenvalue weighted by molar-refractivity contribution is 0.0963. The third-order valence-corrected chi connectivity index (χ3v) is 4.29. The number of carbonyl (C=O) groups excluding carboxylic acids is 1. The summed E-state index contributed by atoms with van der Waals surface area (Å²) >= 11 is 0. The highest BCUT2D eigenvalue weighted by Gasteiger charge is 2.05. The van der Waals surface area contributed by atoms with Gasteiger partial charge in [0, 0.05) is 32.8 Å². The van der Waals surface area contributed by atoms with Gasteiger partial charge in [-0.25, -0.2) is 4.99 Å². The first kappa shape index (κ1) is 21.4. The minimum atomic E-state index is -0.0700. The Labute approximate surface area is 167 Å². The first-order chi connectivity index (χ1) is 13.7. The molecule has 0 aliphatic rings. The van der Waals surface area contributed by atoms with E-state index < -0.39 is 0 Å². The first-order valence-corrected chi connectivity index (χ1v) is 9.56. The summed E-state index contributed by atoms with van der Waals surface area (Å²) in [5.41, 5.74) is 4.08. The number of hydrogen-bond acceptors (Lipinski definition) is 3. The summed E-state index contributed by atoms with van der Waals surface area (Å²) in [5.74, 6) is 0.705. The Morgan fingerprint density at radius 2 is 1.86 bits per heavy atom. The molecule has 150 valence electrons. The second kappa shape index (κ2) is 11.8. The highest BCUT2D eigenvalue weighted by Crippen LogP contribution is 2.11. The fourth-order valence-corrected chi connectivity index (χ4v) is 2.85. The van der Waals surface area contributed by atoms with Gasteiger partial charge >= 0.3 is 0 Å². The predicted molar refractivity (Wildman–Crippen MR) is 114 cm³/mol. The first-order valence-electron chi connectivity index (χ1n) is 9.56. The van der Waals surface area contributed by atoms with Crippen molar-refractivity contribution in [2.75, 3.05) is 27.2 Å². The van der Waals surface area contributed by atoms with Crippen LogP contribution in [0.3, 0.4) is 0 Å². The fraction of sp³-hybridized carbons (Fsp3) is 0.364. The normalized spacial score (nSPS) is 11.2. The maximum absolute atomic E-state index is 11.8. The van der Waals surface area contributed by atoms with Gasteiger partial charge in [0.15, 0.2) is 5.96 Å². The minimum absolute atomic E-state index is 0.0700. The molecule has 0 saturated heterocycles. The Morgan fingerprint density at radius 3 is 2.57 bits per heavy atom. The summed E-state index contributed by atoms with van der Waals surface area (Å²) in [6.45, 7) is 4.72. The molecule has 6 heteroatoms. The van der Waals surface area contributed by atoms with Gasteiger partial charge in [0.1, 0.15) is 0 Å². The van der Waals surface area contributed by atoms with Crippen LogP contribution in [0.1, 0.15) is 34.0 Å². The van der Waals surface area contributed by atoms with Gasteiger partial charge in [-0.3, -0.25) is 4.79 Å². The molecular formula is C22H30N4O2. The van der Waals surface area contributed by atoms with Crippen LogP contribution < -0.4 is 16.0 Å². The van der Waals surface area contributed by atoms with Crippen LogP contribution in [-0.4, -0.2) is 39.1 Å². The number of nitrogens with zero attached hydrogens (tertiary/aromatic N) is 1. The summed E-state index contributed by atoms with van der Waals surface area (Å²) in [6.07, 6.45) is 0.801. The van der Waals surface area contributed by atoms with Gasteiger partial charge in [-0.05, 0) is 42.2 Å². The molecule has 2 aromatic rings. The van der Waals surface area contributed by atoms with E-state index in [4.69, 9.17) is 9.73 Å². The molecule has 0 saturated carbocycles. The zero-order valence-electron chi connectivity index (χ0n) is 16.9. The van der Waals surface area contributed by atoms with E-state index in [1.807, 2.05) is 43.3 Å². The van der Waals surface area contributed by atoms with Gasteiger partial charge in [-0.2, -0.15) is 0 Å². The van der Waals surface area contributed by atoms with Gasteiger partial charge in [-0.15, -0.1) is 0 Å². The number of carbonyl (C=O) groups is 1. The van der Waals surface area contributed by atoms with Crippen molar-refractivity contribution in [3.8, 4) is 0 Å². The largest absolute Gasteiger partial charge is 0.380 e. The van der Waals surface area contributed by atoms with Gasteiger partial charge in [0.2, 0.25) is 0 Å². The second-order valence-electron chi connectivity index (χ2n) is 6.35. The van der Waals surface area contributed by atoms with Crippen LogP contribution in [0.4, 0.5) is 0 Å². The highest BCUT2D eigenvalue weighted by molar-refractivity contribution is 5.94. The molecule has 0 aliphatic heterocycles. The summed E-state index contributed by atoms with van der Waals surface area (Å²) in [4.78, 5) is 16.5. The lowest BCUT2D eigenvalue weighted by Gasteiger charge is -2.13. The molecule has 6 nitrogen and oxygen atoms in total. The number of methoxy groups -OCH3 is 1. The molecule has 0 aromatic heterocycles. The molecule has 28 heavy (non-hydrogen) atoms. The summed E-state index contributed by atoms with van der Waals surface area (Å²) in [7, 11) is 3.34. The molecule has 0 bridgehead atoms. The zero-order valence-corrected chi connectivity index (χ0v) is 16.9. The zero-order chi connectivity index (χ0) is 20.2. The molecular weight excluding hydrogens is 352 g/mol. The monoisotopic (exact) mass is 382 g/mol. The van der Waals surface area contributed by atoms with Crippen LogP contribution in [0.15, 0.2) is 53.5 Å². The number of nitrogens with one attached hydrogen (secondary N) is 3. The Hall–Kier alpha value is -2.86. The maximum Gasteiger partial charge on any atom is 0.251 e. The number of amides is 1. The van der Waals surface area contributed by atoms with Gasteiger partial charge < -0.3 is 20.7 Å². The third-order valence-electron chi connectivity index (χ3n) is 4.29. The van der Waals surface area contributed by atoms with Crippen LogP contribution in [-0.2, 0) is 24.3 Å². The van der Waals surface area contributed by atoms with Crippen LogP contribution in [0.25, 0.3) is 0 Å². The summed E-state index contributed by atoms with van der Waals surface area (Å²) < 4.78 is 5.26. The lowest BCUT2D eigenvalue weighted by atomic mass is 10.1. The van der Waals surface area contributed by atoms with Crippen molar-refractivity contribution in [1.29, 1.82) is 0 Å². The molecule has 0 atom stereocenters. The maximum atomic E-state index is 11.8. The number of benzene rings is 2. The van der Waals surface area contributed by atoms with Gasteiger partial charge in [0.25, 0.3) is 5.91 Å². The Kier molecular flexibility index (Phi) is 9.01. The molecule has 2 aromatic carbocycles. The Morgan fingerprint density at radius 1 is 1.07 bits per heavy atom. The Balaban J connectivity index is 1.96. The van der Waals surface area contributed by atoms with Gasteiger partial charge in [-0.1, -0.05) is 36.4 Å². The fourth-order valence-electron chi connectivity index (χ4n) is 2.85. The third kappa shape index (κ3) is 6.70. The van der Waals surface area contributed by atoms with Crippen molar-refractivity contribution in [3.05, 3.63) is 70.8 Å². The highest BCUT2D eigenvalue weighted by atomic mass is 16.5. The molecule has 1 amide bonds. The van der Waals surface area contributed by atoms with E-state index in [-0.39, 0.29) is 5.91 Å². The van der Waals surface area contributed by atoms with E-state index in [9.17, 15) is 4.79 Å². The Bertz CT molecular complexity index is 790. The van der Waals surface area contributed by atoms with E-state index in [2.05, 4.69) is 28.1 Å². The molecule has 0 heterocycles. The standard InChI is InChI=1S/C22H30N4O2/c1-4-24-22(26-15-19-9-5-6-10-20(19)16-28-3)25-13-12-17-8-7-11-18(14-17)21(27)23-2/h5-11,14H,4,12-13,15-16H2,1-3H3,(H,23,27)(H2,24,25,26). The van der Waals surface area contributed by atoms with Crippen molar-refractivity contribution >= 4 is 11.9 Å². The summed E-state index contributed by atoms with van der Waals surface area (Å²) in [6, 6.07) is 15.8. The molecule has 0 radical (unpaired) electrons. The van der Waals surface area contributed by atoms with Crippen molar-refractivity contribution in [2.45, 2.75) is 26.5 Å². The minimum Gasteiger partial charge on any atom is -0.380 e. The van der Waals surface area contributed by atoms with Crippen molar-refractivity contribution in [2.24, 2.45) is 4.99 Å². The topological polar surface area (TPSA) is 74.8 Å². The average Bonchev–Trinajstić information content (AvgIpc) is 2.72. The molecule has 0 spiro atoms. The van der Waals surface area contributed by atoms with E-state index in [0.29, 0.717) is 18.7 Å².